The first-order chi connectivity index (χ1) is 9.24. The number of pyridine rings is 1. The predicted molar refractivity (Wildman–Crippen MR) is 72.5 cm³/mol. The van der Waals surface area contributed by atoms with Gasteiger partial charge in [-0.2, -0.15) is 0 Å². The quantitative estimate of drug-likeness (QED) is 0.767. The molecule has 0 unspecified atom stereocenters. The number of carbonyl (C=O) groups excluding carboxylic acids is 1. The van der Waals surface area contributed by atoms with Crippen LogP contribution in [-0.2, 0) is 6.42 Å². The molecule has 0 aliphatic carbocycles. The van der Waals surface area contributed by atoms with Crippen molar-refractivity contribution in [3.8, 4) is 5.75 Å². The molecule has 0 fully saturated rings. The molecule has 2 heterocycles. The van der Waals surface area contributed by atoms with Crippen molar-refractivity contribution in [3.63, 3.8) is 0 Å². The van der Waals surface area contributed by atoms with Crippen molar-refractivity contribution >= 4 is 17.4 Å². The second-order valence-electron chi connectivity index (χ2n) is 4.37. The van der Waals surface area contributed by atoms with E-state index in [2.05, 4.69) is 15.6 Å². The molecular weight excluding hydrogens is 242 g/mol. The number of amides is 1. The van der Waals surface area contributed by atoms with Gasteiger partial charge in [-0.1, -0.05) is 6.07 Å². The van der Waals surface area contributed by atoms with E-state index in [0.717, 1.165) is 18.7 Å². The number of nitrogens with zero attached hydrogens (tertiary/aromatic N) is 1. The van der Waals surface area contributed by atoms with Crippen molar-refractivity contribution in [2.45, 2.75) is 6.42 Å². The first kappa shape index (κ1) is 11.5. The molecule has 1 aromatic carbocycles. The van der Waals surface area contributed by atoms with Crippen molar-refractivity contribution in [3.05, 3.63) is 47.7 Å². The lowest BCUT2D eigenvalue weighted by Crippen LogP contribution is -2.13. The summed E-state index contributed by atoms with van der Waals surface area (Å²) in [5.41, 5.74) is 2.76. The van der Waals surface area contributed by atoms with E-state index >= 15 is 0 Å². The zero-order valence-electron chi connectivity index (χ0n) is 10.2. The Morgan fingerprint density at radius 1 is 1.37 bits per heavy atom. The molecule has 5 heteroatoms. The molecule has 5 nitrogen and oxygen atoms in total. The number of carbonyl (C=O) groups is 1. The largest absolute Gasteiger partial charge is 0.504 e. The second kappa shape index (κ2) is 4.61. The van der Waals surface area contributed by atoms with Crippen LogP contribution < -0.4 is 10.6 Å². The Labute approximate surface area is 110 Å². The maximum absolute atomic E-state index is 12.1. The van der Waals surface area contributed by atoms with E-state index in [9.17, 15) is 9.90 Å². The Bertz CT molecular complexity index is 640. The fraction of sp³-hybridized carbons (Fsp3) is 0.143. The van der Waals surface area contributed by atoms with Gasteiger partial charge in [0.15, 0.2) is 11.6 Å². The summed E-state index contributed by atoms with van der Waals surface area (Å²) in [6.45, 7) is 0.904. The van der Waals surface area contributed by atoms with E-state index in [4.69, 9.17) is 0 Å². The van der Waals surface area contributed by atoms with E-state index in [1.165, 1.54) is 17.8 Å². The summed E-state index contributed by atoms with van der Waals surface area (Å²) >= 11 is 0. The third-order valence-corrected chi connectivity index (χ3v) is 3.10. The number of hydrogen-bond acceptors (Lipinski definition) is 4. The van der Waals surface area contributed by atoms with Gasteiger partial charge in [0, 0.05) is 24.0 Å². The van der Waals surface area contributed by atoms with Crippen LogP contribution in [0.4, 0.5) is 11.5 Å². The molecule has 96 valence electrons. The summed E-state index contributed by atoms with van der Waals surface area (Å²) in [7, 11) is 0. The molecule has 0 saturated heterocycles. The molecule has 0 bridgehead atoms. The van der Waals surface area contributed by atoms with Gasteiger partial charge in [-0.05, 0) is 36.2 Å². The summed E-state index contributed by atoms with van der Waals surface area (Å²) in [5.74, 6) is -0.165. The highest BCUT2D eigenvalue weighted by Crippen LogP contribution is 2.24. The first-order valence-electron chi connectivity index (χ1n) is 6.06. The molecule has 19 heavy (non-hydrogen) atoms. The molecular formula is C14H13N3O2. The number of aromatic hydroxyl groups is 1. The van der Waals surface area contributed by atoms with Crippen molar-refractivity contribution in [1.82, 2.24) is 4.98 Å². The summed E-state index contributed by atoms with van der Waals surface area (Å²) in [6, 6.07) is 8.62. The van der Waals surface area contributed by atoms with E-state index in [-0.39, 0.29) is 17.5 Å². The van der Waals surface area contributed by atoms with Crippen molar-refractivity contribution in [1.29, 1.82) is 0 Å². The molecule has 0 radical (unpaired) electrons. The Kier molecular flexibility index (Phi) is 2.79. The number of nitrogens with one attached hydrogen (secondary N) is 2. The van der Waals surface area contributed by atoms with Gasteiger partial charge in [0.25, 0.3) is 5.91 Å². The van der Waals surface area contributed by atoms with Crippen molar-refractivity contribution in [2.24, 2.45) is 0 Å². The fourth-order valence-electron chi connectivity index (χ4n) is 2.10. The van der Waals surface area contributed by atoms with Crippen LogP contribution in [-0.4, -0.2) is 22.5 Å². The third kappa shape index (κ3) is 2.22. The number of benzene rings is 1. The Hall–Kier alpha value is -2.56. The average Bonchev–Trinajstić information content (AvgIpc) is 2.88. The highest BCUT2D eigenvalue weighted by atomic mass is 16.3. The maximum atomic E-state index is 12.1. The van der Waals surface area contributed by atoms with E-state index in [0.29, 0.717) is 5.56 Å². The zero-order valence-corrected chi connectivity index (χ0v) is 10.2. The van der Waals surface area contributed by atoms with Gasteiger partial charge < -0.3 is 15.7 Å². The Balaban J connectivity index is 1.83. The van der Waals surface area contributed by atoms with E-state index in [1.807, 2.05) is 12.1 Å². The molecule has 0 saturated carbocycles. The number of rotatable bonds is 2. The predicted octanol–water partition coefficient (Wildman–Crippen LogP) is 2.01. The van der Waals surface area contributed by atoms with Gasteiger partial charge in [-0.25, -0.2) is 4.98 Å². The smallest absolute Gasteiger partial charge is 0.256 e. The second-order valence-corrected chi connectivity index (χ2v) is 4.37. The van der Waals surface area contributed by atoms with Crippen LogP contribution in [0.25, 0.3) is 0 Å². The van der Waals surface area contributed by atoms with Gasteiger partial charge in [0.2, 0.25) is 0 Å². The van der Waals surface area contributed by atoms with Crippen LogP contribution in [0.15, 0.2) is 36.5 Å². The normalized spacial score (nSPS) is 12.6. The molecule has 0 atom stereocenters. The molecule has 3 N–H and O–H groups in total. The number of aromatic nitrogens is 1. The fourth-order valence-corrected chi connectivity index (χ4v) is 2.10. The lowest BCUT2D eigenvalue weighted by molar-refractivity contribution is 0.102. The average molecular weight is 255 g/mol. The van der Waals surface area contributed by atoms with Crippen LogP contribution >= 0.6 is 0 Å². The Morgan fingerprint density at radius 2 is 2.26 bits per heavy atom. The molecule has 1 aliphatic rings. The number of fused-ring (bicyclic) bond motifs is 1. The highest BCUT2D eigenvalue weighted by molar-refractivity contribution is 6.05. The molecule has 2 aromatic rings. The molecule has 0 spiro atoms. The lowest BCUT2D eigenvalue weighted by atomic mass is 10.1. The third-order valence-electron chi connectivity index (χ3n) is 3.10. The van der Waals surface area contributed by atoms with Crippen molar-refractivity contribution < 1.29 is 9.90 Å². The van der Waals surface area contributed by atoms with Crippen LogP contribution in [0.3, 0.4) is 0 Å². The topological polar surface area (TPSA) is 74.2 Å². The summed E-state index contributed by atoms with van der Waals surface area (Å²) in [6.07, 6.45) is 2.50. The van der Waals surface area contributed by atoms with Gasteiger partial charge in [0.1, 0.15) is 0 Å². The SMILES string of the molecule is O=C(Nc1ncccc1O)c1ccc2c(c1)NCC2. The molecule has 1 aromatic heterocycles. The van der Waals surface area contributed by atoms with Gasteiger partial charge >= 0.3 is 0 Å². The van der Waals surface area contributed by atoms with Gasteiger partial charge in [-0.15, -0.1) is 0 Å². The standard InChI is InChI=1S/C14H13N3O2/c18-12-2-1-6-16-13(12)17-14(19)10-4-3-9-5-7-15-11(9)8-10/h1-4,6,8,15,18H,5,7H2,(H,16,17,19). The minimum absolute atomic E-state index is 0.0462. The van der Waals surface area contributed by atoms with Crippen LogP contribution in [0.5, 0.6) is 5.75 Å². The minimum Gasteiger partial charge on any atom is -0.504 e. The van der Waals surface area contributed by atoms with Crippen molar-refractivity contribution in [2.75, 3.05) is 17.2 Å². The highest BCUT2D eigenvalue weighted by Gasteiger charge is 2.14. The van der Waals surface area contributed by atoms with E-state index in [1.54, 1.807) is 12.1 Å². The maximum Gasteiger partial charge on any atom is 0.256 e. The van der Waals surface area contributed by atoms with Crippen LogP contribution in [0.2, 0.25) is 0 Å². The first-order valence-corrected chi connectivity index (χ1v) is 6.06. The zero-order chi connectivity index (χ0) is 13.2. The summed E-state index contributed by atoms with van der Waals surface area (Å²) in [4.78, 5) is 16.0. The lowest BCUT2D eigenvalue weighted by Gasteiger charge is -2.07. The minimum atomic E-state index is -0.287. The van der Waals surface area contributed by atoms with Crippen LogP contribution in [0, 0.1) is 0 Å². The van der Waals surface area contributed by atoms with Gasteiger partial charge in [0.05, 0.1) is 0 Å². The molecule has 3 rings (SSSR count). The Morgan fingerprint density at radius 3 is 3.11 bits per heavy atom. The van der Waals surface area contributed by atoms with Crippen LogP contribution in [0.1, 0.15) is 15.9 Å². The molecule has 1 aliphatic heterocycles. The summed E-state index contributed by atoms with van der Waals surface area (Å²) < 4.78 is 0. The number of hydrogen-bond donors (Lipinski definition) is 3. The monoisotopic (exact) mass is 255 g/mol. The molecule has 1 amide bonds. The van der Waals surface area contributed by atoms with Gasteiger partial charge in [-0.3, -0.25) is 4.79 Å². The van der Waals surface area contributed by atoms with E-state index < -0.39 is 0 Å². The number of anilines is 2. The summed E-state index contributed by atoms with van der Waals surface area (Å²) in [5, 5.41) is 15.4.